The summed E-state index contributed by atoms with van der Waals surface area (Å²) in [6, 6.07) is 10.0. The summed E-state index contributed by atoms with van der Waals surface area (Å²) in [6.07, 6.45) is 7.16. The molecule has 110 valence electrons. The zero-order chi connectivity index (χ0) is 15.7. The van der Waals surface area contributed by atoms with Gasteiger partial charge >= 0.3 is 0 Å². The van der Waals surface area contributed by atoms with Crippen LogP contribution in [0, 0.1) is 0 Å². The molecule has 0 spiro atoms. The second-order valence-corrected chi connectivity index (χ2v) is 4.04. The molecule has 0 aromatic heterocycles. The molecule has 1 aromatic carbocycles. The Labute approximate surface area is 127 Å². The molecule has 0 saturated carbocycles. The van der Waals surface area contributed by atoms with Crippen molar-refractivity contribution in [2.75, 3.05) is 0 Å². The van der Waals surface area contributed by atoms with Gasteiger partial charge in [-0.05, 0) is 5.56 Å². The molecule has 1 aliphatic heterocycles. The summed E-state index contributed by atoms with van der Waals surface area (Å²) >= 11 is 0. The highest BCUT2D eigenvalue weighted by Gasteiger charge is 2.14. The van der Waals surface area contributed by atoms with Crippen molar-refractivity contribution >= 4 is 5.70 Å². The lowest BCUT2D eigenvalue weighted by molar-refractivity contribution is 0.900. The summed E-state index contributed by atoms with van der Waals surface area (Å²) in [6.45, 7) is 11.5. The van der Waals surface area contributed by atoms with E-state index in [-0.39, 0.29) is 0 Å². The topological polar surface area (TPSA) is 50.1 Å². The molecule has 0 atom stereocenters. The maximum absolute atomic E-state index is 5.96. The van der Waals surface area contributed by atoms with Crippen molar-refractivity contribution in [3.63, 3.8) is 0 Å². The van der Waals surface area contributed by atoms with E-state index in [1.807, 2.05) is 56.5 Å². The summed E-state index contributed by atoms with van der Waals surface area (Å²) in [5, 5.41) is 6.39. The molecule has 0 bridgehead atoms. The number of nitrogens with one attached hydrogen (secondary N) is 2. The molecule has 2 rings (SSSR count). The Morgan fingerprint density at radius 2 is 1.81 bits per heavy atom. The zero-order valence-corrected chi connectivity index (χ0v) is 12.7. The first kappa shape index (κ1) is 16.4. The van der Waals surface area contributed by atoms with E-state index in [1.165, 1.54) is 0 Å². The van der Waals surface area contributed by atoms with Crippen LogP contribution in [0.2, 0.25) is 0 Å². The third-order valence-corrected chi connectivity index (χ3v) is 2.79. The van der Waals surface area contributed by atoms with Crippen LogP contribution in [-0.4, -0.2) is 0 Å². The van der Waals surface area contributed by atoms with E-state index >= 15 is 0 Å². The number of allylic oxidation sites excluding steroid dienone is 3. The molecule has 0 saturated heterocycles. The maximum atomic E-state index is 5.96. The Kier molecular flexibility index (Phi) is 6.61. The Balaban J connectivity index is 0.00000106. The summed E-state index contributed by atoms with van der Waals surface area (Å²) in [5.74, 6) is 0.563. The van der Waals surface area contributed by atoms with Crippen LogP contribution in [0.5, 0.6) is 0 Å². The highest BCUT2D eigenvalue weighted by atomic mass is 15.1. The number of nitrogens with two attached hydrogens (primary N) is 1. The lowest BCUT2D eigenvalue weighted by Gasteiger charge is -2.22. The van der Waals surface area contributed by atoms with E-state index in [9.17, 15) is 0 Å². The van der Waals surface area contributed by atoms with E-state index < -0.39 is 0 Å². The Hall–Kier alpha value is -2.68. The predicted molar refractivity (Wildman–Crippen MR) is 91.7 cm³/mol. The van der Waals surface area contributed by atoms with Gasteiger partial charge in [-0.25, -0.2) is 0 Å². The summed E-state index contributed by atoms with van der Waals surface area (Å²) in [7, 11) is 0. The van der Waals surface area contributed by atoms with Crippen molar-refractivity contribution in [3.8, 4) is 0 Å². The zero-order valence-electron chi connectivity index (χ0n) is 12.7. The van der Waals surface area contributed by atoms with Gasteiger partial charge in [0.25, 0.3) is 0 Å². The fourth-order valence-corrected chi connectivity index (χ4v) is 1.84. The largest absolute Gasteiger partial charge is 0.384 e. The highest BCUT2D eigenvalue weighted by molar-refractivity contribution is 5.68. The Bertz CT molecular complexity index is 578. The molecular formula is C18H23N3. The van der Waals surface area contributed by atoms with Crippen LogP contribution in [0.1, 0.15) is 19.4 Å². The molecule has 0 aliphatic carbocycles. The van der Waals surface area contributed by atoms with Crippen LogP contribution in [-0.2, 0) is 0 Å². The molecule has 21 heavy (non-hydrogen) atoms. The number of hydrogen-bond acceptors (Lipinski definition) is 3. The Morgan fingerprint density at radius 3 is 2.38 bits per heavy atom. The first-order valence-electron chi connectivity index (χ1n) is 7.00. The highest BCUT2D eigenvalue weighted by Crippen LogP contribution is 2.20. The van der Waals surface area contributed by atoms with Crippen LogP contribution in [0.3, 0.4) is 0 Å². The standard InChI is InChI=1S/C16H17N3.C2H6/c1-3-8-12(4-2)15-16(17)18-11-14(19-15)13-9-6-5-7-10-13;1-2/h3-11,18-19H,1-2,17H2;1-2H3/b12-8+;. The van der Waals surface area contributed by atoms with Gasteiger partial charge in [0.05, 0.1) is 11.4 Å². The molecule has 1 aromatic rings. The fraction of sp³-hybridized carbons (Fsp3) is 0.111. The molecule has 0 amide bonds. The summed E-state index contributed by atoms with van der Waals surface area (Å²) < 4.78 is 0. The molecule has 0 fully saturated rings. The van der Waals surface area contributed by atoms with E-state index in [0.717, 1.165) is 22.5 Å². The van der Waals surface area contributed by atoms with Crippen LogP contribution in [0.4, 0.5) is 0 Å². The van der Waals surface area contributed by atoms with Gasteiger partial charge in [0.1, 0.15) is 5.82 Å². The van der Waals surface area contributed by atoms with E-state index in [0.29, 0.717) is 5.82 Å². The minimum absolute atomic E-state index is 0.563. The van der Waals surface area contributed by atoms with Gasteiger partial charge in [-0.2, -0.15) is 0 Å². The molecular weight excluding hydrogens is 258 g/mol. The van der Waals surface area contributed by atoms with Crippen LogP contribution in [0.25, 0.3) is 5.70 Å². The van der Waals surface area contributed by atoms with Crippen molar-refractivity contribution in [2.45, 2.75) is 13.8 Å². The molecule has 3 nitrogen and oxygen atoms in total. The molecule has 0 unspecified atom stereocenters. The SMILES string of the molecule is C=C/C=C(\C=C)C1=C(N)NC=C(c2ccccc2)N1.CC. The van der Waals surface area contributed by atoms with Gasteiger partial charge in [0.2, 0.25) is 0 Å². The normalized spacial score (nSPS) is 14.0. The monoisotopic (exact) mass is 281 g/mol. The van der Waals surface area contributed by atoms with Gasteiger partial charge in [0.15, 0.2) is 0 Å². The van der Waals surface area contributed by atoms with Crippen molar-refractivity contribution in [1.29, 1.82) is 0 Å². The van der Waals surface area contributed by atoms with Gasteiger partial charge in [0, 0.05) is 11.8 Å². The molecule has 1 aliphatic rings. The van der Waals surface area contributed by atoms with Crippen molar-refractivity contribution in [2.24, 2.45) is 5.73 Å². The third-order valence-electron chi connectivity index (χ3n) is 2.79. The minimum atomic E-state index is 0.563. The first-order valence-corrected chi connectivity index (χ1v) is 7.00. The number of benzene rings is 1. The van der Waals surface area contributed by atoms with Crippen LogP contribution < -0.4 is 16.4 Å². The van der Waals surface area contributed by atoms with Gasteiger partial charge in [-0.1, -0.05) is 75.6 Å². The molecule has 4 N–H and O–H groups in total. The maximum Gasteiger partial charge on any atom is 0.125 e. The lowest BCUT2D eigenvalue weighted by atomic mass is 10.1. The van der Waals surface area contributed by atoms with Crippen LogP contribution in [0.15, 0.2) is 85.0 Å². The van der Waals surface area contributed by atoms with Crippen molar-refractivity contribution in [1.82, 2.24) is 10.6 Å². The van der Waals surface area contributed by atoms with Gasteiger partial charge in [-0.15, -0.1) is 0 Å². The molecule has 1 heterocycles. The second kappa shape index (κ2) is 8.48. The molecule has 0 radical (unpaired) electrons. The third kappa shape index (κ3) is 4.14. The summed E-state index contributed by atoms with van der Waals surface area (Å²) in [5.41, 5.74) is 9.70. The summed E-state index contributed by atoms with van der Waals surface area (Å²) in [4.78, 5) is 0. The smallest absolute Gasteiger partial charge is 0.125 e. The second-order valence-electron chi connectivity index (χ2n) is 4.04. The predicted octanol–water partition coefficient (Wildman–Crippen LogP) is 3.63. The molecule has 3 heteroatoms. The van der Waals surface area contributed by atoms with Crippen LogP contribution >= 0.6 is 0 Å². The number of hydrogen-bond donors (Lipinski definition) is 3. The van der Waals surface area contributed by atoms with E-state index in [2.05, 4.69) is 23.8 Å². The minimum Gasteiger partial charge on any atom is -0.384 e. The lowest BCUT2D eigenvalue weighted by Crippen LogP contribution is -2.30. The van der Waals surface area contributed by atoms with Gasteiger partial charge in [-0.3, -0.25) is 0 Å². The van der Waals surface area contributed by atoms with E-state index in [4.69, 9.17) is 5.73 Å². The van der Waals surface area contributed by atoms with E-state index in [1.54, 1.807) is 12.2 Å². The quantitative estimate of drug-likeness (QED) is 0.739. The average Bonchev–Trinajstić information content (AvgIpc) is 2.56. The van der Waals surface area contributed by atoms with Crippen molar-refractivity contribution < 1.29 is 0 Å². The van der Waals surface area contributed by atoms with Crippen molar-refractivity contribution in [3.05, 3.63) is 90.6 Å². The first-order chi connectivity index (χ1) is 10.3. The Morgan fingerprint density at radius 1 is 1.14 bits per heavy atom. The number of rotatable bonds is 4. The van der Waals surface area contributed by atoms with Gasteiger partial charge < -0.3 is 16.4 Å². The average molecular weight is 281 g/mol. The fourth-order valence-electron chi connectivity index (χ4n) is 1.84.